The lowest BCUT2D eigenvalue weighted by atomic mass is 10.2. The molecule has 0 aliphatic carbocycles. The average molecular weight is 344 g/mol. The molecule has 0 aliphatic rings. The molecule has 0 aliphatic heterocycles. The van der Waals surface area contributed by atoms with Gasteiger partial charge in [0, 0.05) is 19.6 Å². The molecule has 5 heteroatoms. The molecule has 132 valence electrons. The molecule has 1 aromatic rings. The Hall–Kier alpha value is -0.783. The van der Waals surface area contributed by atoms with Crippen LogP contribution < -0.4 is 5.32 Å². The van der Waals surface area contributed by atoms with Crippen LogP contribution in [-0.2, 0) is 11.0 Å². The minimum Gasteiger partial charge on any atom is -0.417 e. The summed E-state index contributed by atoms with van der Waals surface area (Å²) < 4.78 is 33.7. The topological polar surface area (TPSA) is 21.3 Å². The average Bonchev–Trinajstić information content (AvgIpc) is 2.43. The van der Waals surface area contributed by atoms with Gasteiger partial charge in [-0.05, 0) is 30.1 Å². The second-order valence-corrected chi connectivity index (χ2v) is 12.5. The highest BCUT2D eigenvalue weighted by molar-refractivity contribution is 6.74. The van der Waals surface area contributed by atoms with Crippen molar-refractivity contribution < 1.29 is 13.2 Å². The summed E-state index contributed by atoms with van der Waals surface area (Å²) in [6.45, 7) is 11.4. The van der Waals surface area contributed by atoms with Crippen LogP contribution in [0.3, 0.4) is 0 Å². The van der Waals surface area contributed by atoms with Crippen molar-refractivity contribution in [1.82, 2.24) is 5.32 Å². The van der Waals surface area contributed by atoms with Gasteiger partial charge in [-0.1, -0.05) is 51.1 Å². The molecule has 0 amide bonds. The van der Waals surface area contributed by atoms with Gasteiger partial charge in [0.25, 0.3) is 5.92 Å². The standard InChI is InChI=1S/C18H31F2NOSi/c1-17(2,3)23(4,5)22-13-9-12-18(19,20)15-21-14-16-10-7-6-8-11-16/h6-8,10-11,21H,9,12-15H2,1-5H3. The monoisotopic (exact) mass is 343 g/mol. The molecule has 2 nitrogen and oxygen atoms in total. The summed E-state index contributed by atoms with van der Waals surface area (Å²) in [6.07, 6.45) is 0.260. The van der Waals surface area contributed by atoms with Crippen LogP contribution >= 0.6 is 0 Å². The van der Waals surface area contributed by atoms with Crippen LogP contribution in [0.2, 0.25) is 18.1 Å². The number of hydrogen-bond acceptors (Lipinski definition) is 2. The Morgan fingerprint density at radius 2 is 1.70 bits per heavy atom. The normalized spacial score (nSPS) is 13.3. The minimum absolute atomic E-state index is 0.118. The second-order valence-electron chi connectivity index (χ2n) is 7.66. The first-order valence-corrected chi connectivity index (χ1v) is 11.2. The van der Waals surface area contributed by atoms with E-state index in [0.29, 0.717) is 19.6 Å². The SMILES string of the molecule is CC(C)(C)[Si](C)(C)OCCCC(F)(F)CNCc1ccccc1. The largest absolute Gasteiger partial charge is 0.417 e. The van der Waals surface area contributed by atoms with Crippen LogP contribution in [0.4, 0.5) is 8.78 Å². The Balaban J connectivity index is 2.25. The zero-order chi connectivity index (χ0) is 17.6. The highest BCUT2D eigenvalue weighted by atomic mass is 28.4. The van der Waals surface area contributed by atoms with E-state index in [1.54, 1.807) is 0 Å². The van der Waals surface area contributed by atoms with Crippen LogP contribution in [0.1, 0.15) is 39.2 Å². The van der Waals surface area contributed by atoms with Crippen LogP contribution in [0.5, 0.6) is 0 Å². The molecule has 1 aromatic carbocycles. The van der Waals surface area contributed by atoms with Crippen LogP contribution in [0, 0.1) is 0 Å². The number of benzene rings is 1. The number of nitrogens with one attached hydrogen (secondary N) is 1. The van der Waals surface area contributed by atoms with E-state index in [1.165, 1.54) is 0 Å². The van der Waals surface area contributed by atoms with E-state index in [1.807, 2.05) is 30.3 Å². The molecule has 0 saturated heterocycles. The Morgan fingerprint density at radius 1 is 1.09 bits per heavy atom. The van der Waals surface area contributed by atoms with Crippen LogP contribution in [0.15, 0.2) is 30.3 Å². The second kappa shape index (κ2) is 8.35. The number of rotatable bonds is 9. The zero-order valence-corrected chi connectivity index (χ0v) is 16.1. The van der Waals surface area contributed by atoms with Crippen LogP contribution in [-0.4, -0.2) is 27.4 Å². The van der Waals surface area contributed by atoms with E-state index < -0.39 is 14.2 Å². The predicted molar refractivity (Wildman–Crippen MR) is 95.5 cm³/mol. The van der Waals surface area contributed by atoms with Crippen molar-refractivity contribution in [2.75, 3.05) is 13.2 Å². The predicted octanol–water partition coefficient (Wildman–Crippen LogP) is 5.21. The van der Waals surface area contributed by atoms with Gasteiger partial charge in [0.05, 0.1) is 6.54 Å². The van der Waals surface area contributed by atoms with E-state index in [4.69, 9.17) is 4.43 Å². The summed E-state index contributed by atoms with van der Waals surface area (Å²) in [6, 6.07) is 9.59. The lowest BCUT2D eigenvalue weighted by molar-refractivity contribution is -0.0116. The maximum Gasteiger partial charge on any atom is 0.260 e. The third-order valence-electron chi connectivity index (χ3n) is 4.51. The van der Waals surface area contributed by atoms with Crippen molar-refractivity contribution in [3.63, 3.8) is 0 Å². The summed E-state index contributed by atoms with van der Waals surface area (Å²) in [5, 5.41) is 2.96. The first kappa shape index (κ1) is 20.3. The van der Waals surface area contributed by atoms with Gasteiger partial charge < -0.3 is 9.74 Å². The summed E-state index contributed by atoms with van der Waals surface area (Å²) in [5.74, 6) is -2.69. The quantitative estimate of drug-likeness (QED) is 0.491. The molecule has 0 spiro atoms. The Bertz CT molecular complexity index is 458. The van der Waals surface area contributed by atoms with Crippen molar-refractivity contribution in [3.05, 3.63) is 35.9 Å². The molecule has 23 heavy (non-hydrogen) atoms. The summed E-state index contributed by atoms with van der Waals surface area (Å²) >= 11 is 0. The Morgan fingerprint density at radius 3 is 2.26 bits per heavy atom. The van der Waals surface area contributed by atoms with Gasteiger partial charge in [0.15, 0.2) is 8.32 Å². The molecule has 1 N–H and O–H groups in total. The molecular weight excluding hydrogens is 312 g/mol. The van der Waals surface area contributed by atoms with Crippen molar-refractivity contribution in [2.45, 2.75) is 64.2 Å². The fourth-order valence-corrected chi connectivity index (χ4v) is 3.04. The lowest BCUT2D eigenvalue weighted by Crippen LogP contribution is -2.41. The first-order valence-electron chi connectivity index (χ1n) is 8.30. The van der Waals surface area contributed by atoms with Crippen LogP contribution in [0.25, 0.3) is 0 Å². The lowest BCUT2D eigenvalue weighted by Gasteiger charge is -2.36. The van der Waals surface area contributed by atoms with Crippen molar-refractivity contribution >= 4 is 8.32 Å². The Labute approximate surface area is 140 Å². The van der Waals surface area contributed by atoms with Gasteiger partial charge in [0.2, 0.25) is 0 Å². The smallest absolute Gasteiger partial charge is 0.260 e. The Kier molecular flexibility index (Phi) is 7.36. The summed E-state index contributed by atoms with van der Waals surface area (Å²) in [7, 11) is -1.83. The number of halogens is 2. The molecular formula is C18H31F2NOSi. The number of hydrogen-bond donors (Lipinski definition) is 1. The number of alkyl halides is 2. The molecule has 1 rings (SSSR count). The van der Waals surface area contributed by atoms with Gasteiger partial charge in [-0.3, -0.25) is 0 Å². The van der Waals surface area contributed by atoms with Crippen molar-refractivity contribution in [3.8, 4) is 0 Å². The van der Waals surface area contributed by atoms with E-state index in [9.17, 15) is 8.78 Å². The first-order chi connectivity index (χ1) is 10.5. The third-order valence-corrected chi connectivity index (χ3v) is 9.05. The van der Waals surface area contributed by atoms with Crippen molar-refractivity contribution in [2.24, 2.45) is 0 Å². The third kappa shape index (κ3) is 7.55. The molecule has 0 bridgehead atoms. The maximum absolute atomic E-state index is 13.9. The zero-order valence-electron chi connectivity index (χ0n) is 15.1. The highest BCUT2D eigenvalue weighted by Gasteiger charge is 2.37. The fraction of sp³-hybridized carbons (Fsp3) is 0.667. The summed E-state index contributed by atoms with van der Waals surface area (Å²) in [5.41, 5.74) is 1.02. The van der Waals surface area contributed by atoms with E-state index in [2.05, 4.69) is 39.2 Å². The van der Waals surface area contributed by atoms with Crippen molar-refractivity contribution in [1.29, 1.82) is 0 Å². The molecule has 0 atom stereocenters. The fourth-order valence-electron chi connectivity index (χ4n) is 1.95. The van der Waals surface area contributed by atoms with E-state index >= 15 is 0 Å². The van der Waals surface area contributed by atoms with E-state index in [-0.39, 0.29) is 18.0 Å². The van der Waals surface area contributed by atoms with Gasteiger partial charge in [-0.15, -0.1) is 0 Å². The minimum atomic E-state index is -2.69. The van der Waals surface area contributed by atoms with Gasteiger partial charge >= 0.3 is 0 Å². The molecule has 0 radical (unpaired) electrons. The maximum atomic E-state index is 13.9. The van der Waals surface area contributed by atoms with Gasteiger partial charge in [0.1, 0.15) is 0 Å². The van der Waals surface area contributed by atoms with E-state index in [0.717, 1.165) is 5.56 Å². The molecule has 0 fully saturated rings. The molecule has 0 heterocycles. The molecule has 0 saturated carbocycles. The highest BCUT2D eigenvalue weighted by Crippen LogP contribution is 2.36. The molecule has 0 aromatic heterocycles. The van der Waals surface area contributed by atoms with Gasteiger partial charge in [-0.25, -0.2) is 8.78 Å². The molecule has 0 unspecified atom stereocenters. The summed E-state index contributed by atoms with van der Waals surface area (Å²) in [4.78, 5) is 0. The van der Waals surface area contributed by atoms with Gasteiger partial charge in [-0.2, -0.15) is 0 Å².